The van der Waals surface area contributed by atoms with Gasteiger partial charge < -0.3 is 14.8 Å². The molecule has 1 saturated heterocycles. The van der Waals surface area contributed by atoms with Crippen LogP contribution in [0.15, 0.2) is 18.2 Å². The van der Waals surface area contributed by atoms with E-state index < -0.39 is 12.1 Å². The van der Waals surface area contributed by atoms with Crippen molar-refractivity contribution in [3.8, 4) is 5.75 Å². The smallest absolute Gasteiger partial charge is 0.342 e. The highest BCUT2D eigenvalue weighted by atomic mass is 32.2. The Labute approximate surface area is 121 Å². The van der Waals surface area contributed by atoms with Gasteiger partial charge in [0.05, 0.1) is 5.69 Å². The lowest BCUT2D eigenvalue weighted by Gasteiger charge is -2.25. The molecule has 2 heterocycles. The van der Waals surface area contributed by atoms with Crippen molar-refractivity contribution in [2.24, 2.45) is 0 Å². The molecule has 0 aromatic heterocycles. The van der Waals surface area contributed by atoms with Crippen LogP contribution in [-0.4, -0.2) is 35.6 Å². The van der Waals surface area contributed by atoms with E-state index in [0.717, 1.165) is 17.9 Å². The summed E-state index contributed by atoms with van der Waals surface area (Å²) in [7, 11) is 0. The zero-order valence-corrected chi connectivity index (χ0v) is 11.9. The molecule has 0 spiro atoms. The quantitative estimate of drug-likeness (QED) is 0.846. The third-order valence-corrected chi connectivity index (χ3v) is 4.45. The second kappa shape index (κ2) is 5.36. The van der Waals surface area contributed by atoms with Crippen molar-refractivity contribution in [3.63, 3.8) is 0 Å². The predicted octanol–water partition coefficient (Wildman–Crippen LogP) is 2.07. The van der Waals surface area contributed by atoms with E-state index in [1.54, 1.807) is 36.9 Å². The van der Waals surface area contributed by atoms with Crippen molar-refractivity contribution in [1.82, 2.24) is 0 Å². The fraction of sp³-hybridized carbons (Fsp3) is 0.429. The molecule has 2 atom stereocenters. The lowest BCUT2D eigenvalue weighted by Crippen LogP contribution is -2.35. The minimum absolute atomic E-state index is 0.0287. The first-order chi connectivity index (χ1) is 9.65. The summed E-state index contributed by atoms with van der Waals surface area (Å²) in [4.78, 5) is 23.8. The van der Waals surface area contributed by atoms with Gasteiger partial charge in [0.1, 0.15) is 11.7 Å². The number of esters is 1. The van der Waals surface area contributed by atoms with Gasteiger partial charge in [0.15, 0.2) is 11.9 Å². The number of ether oxygens (including phenoxy) is 2. The van der Waals surface area contributed by atoms with Gasteiger partial charge in [-0.2, -0.15) is 11.8 Å². The maximum absolute atomic E-state index is 12.2. The maximum Gasteiger partial charge on any atom is 0.342 e. The van der Waals surface area contributed by atoms with Gasteiger partial charge in [-0.25, -0.2) is 4.79 Å². The number of fused-ring (bicyclic) bond motifs is 1. The average molecular weight is 293 g/mol. The van der Waals surface area contributed by atoms with Crippen LogP contribution in [0.5, 0.6) is 5.75 Å². The summed E-state index contributed by atoms with van der Waals surface area (Å²) in [6.45, 7) is 1.65. The SMILES string of the molecule is C[C@@H]1Oc2c(cccc2C(=O)O[C@@H]2CCSC2)NC1=O. The number of thioether (sulfide) groups is 1. The highest BCUT2D eigenvalue weighted by Gasteiger charge is 2.29. The Hall–Kier alpha value is -1.69. The molecule has 1 aromatic rings. The van der Waals surface area contributed by atoms with Crippen molar-refractivity contribution in [2.45, 2.75) is 25.6 Å². The van der Waals surface area contributed by atoms with Crippen molar-refractivity contribution in [3.05, 3.63) is 23.8 Å². The molecule has 20 heavy (non-hydrogen) atoms. The minimum Gasteiger partial charge on any atom is -0.478 e. The number of carbonyl (C=O) groups excluding carboxylic acids is 2. The summed E-state index contributed by atoms with van der Waals surface area (Å²) in [5, 5.41) is 2.72. The number of hydrogen-bond acceptors (Lipinski definition) is 5. The van der Waals surface area contributed by atoms with Crippen LogP contribution >= 0.6 is 11.8 Å². The van der Waals surface area contributed by atoms with Crippen molar-refractivity contribution in [2.75, 3.05) is 16.8 Å². The molecule has 0 aliphatic carbocycles. The summed E-state index contributed by atoms with van der Waals surface area (Å²) in [6.07, 6.45) is 0.247. The van der Waals surface area contributed by atoms with E-state index in [-0.39, 0.29) is 12.0 Å². The second-order valence-corrected chi connectivity index (χ2v) is 5.97. The van der Waals surface area contributed by atoms with Gasteiger partial charge in [0, 0.05) is 5.75 Å². The van der Waals surface area contributed by atoms with Crippen LogP contribution in [0, 0.1) is 0 Å². The molecular formula is C14H15NO4S. The fourth-order valence-corrected chi connectivity index (χ4v) is 3.30. The number of benzene rings is 1. The van der Waals surface area contributed by atoms with E-state index in [4.69, 9.17) is 9.47 Å². The van der Waals surface area contributed by atoms with Crippen LogP contribution in [-0.2, 0) is 9.53 Å². The Morgan fingerprint density at radius 2 is 2.35 bits per heavy atom. The Morgan fingerprint density at radius 1 is 1.50 bits per heavy atom. The molecule has 0 unspecified atom stereocenters. The molecule has 1 aromatic carbocycles. The Morgan fingerprint density at radius 3 is 3.10 bits per heavy atom. The molecule has 3 rings (SSSR count). The largest absolute Gasteiger partial charge is 0.478 e. The summed E-state index contributed by atoms with van der Waals surface area (Å²) in [6, 6.07) is 5.08. The molecule has 6 heteroatoms. The van der Waals surface area contributed by atoms with E-state index in [1.807, 2.05) is 0 Å². The molecule has 0 radical (unpaired) electrons. The van der Waals surface area contributed by atoms with Crippen LogP contribution in [0.1, 0.15) is 23.7 Å². The zero-order chi connectivity index (χ0) is 14.1. The second-order valence-electron chi connectivity index (χ2n) is 4.82. The highest BCUT2D eigenvalue weighted by Crippen LogP contribution is 2.34. The maximum atomic E-state index is 12.2. The third-order valence-electron chi connectivity index (χ3n) is 3.32. The number of carbonyl (C=O) groups is 2. The van der Waals surface area contributed by atoms with Gasteiger partial charge >= 0.3 is 5.97 Å². The molecule has 1 fully saturated rings. The molecular weight excluding hydrogens is 278 g/mol. The summed E-state index contributed by atoms with van der Waals surface area (Å²) < 4.78 is 11.0. The monoisotopic (exact) mass is 293 g/mol. The van der Waals surface area contributed by atoms with E-state index in [1.165, 1.54) is 0 Å². The number of nitrogens with one attached hydrogen (secondary N) is 1. The lowest BCUT2D eigenvalue weighted by atomic mass is 10.1. The molecule has 1 N–H and O–H groups in total. The first-order valence-corrected chi connectivity index (χ1v) is 7.70. The van der Waals surface area contributed by atoms with Crippen LogP contribution in [0.2, 0.25) is 0 Å². The molecule has 5 nitrogen and oxygen atoms in total. The highest BCUT2D eigenvalue weighted by molar-refractivity contribution is 7.99. The number of rotatable bonds is 2. The fourth-order valence-electron chi connectivity index (χ4n) is 2.21. The molecule has 0 bridgehead atoms. The van der Waals surface area contributed by atoms with E-state index in [0.29, 0.717) is 17.0 Å². The molecule has 2 aliphatic heterocycles. The molecule has 0 saturated carbocycles. The molecule has 106 valence electrons. The normalized spacial score (nSPS) is 24.6. The van der Waals surface area contributed by atoms with Gasteiger partial charge in [0.25, 0.3) is 5.91 Å². The third kappa shape index (κ3) is 2.47. The Kier molecular flexibility index (Phi) is 3.56. The first kappa shape index (κ1) is 13.3. The van der Waals surface area contributed by atoms with Crippen molar-refractivity contribution >= 4 is 29.3 Å². The van der Waals surface area contributed by atoms with Gasteiger partial charge in [-0.3, -0.25) is 4.79 Å². The number of anilines is 1. The zero-order valence-electron chi connectivity index (χ0n) is 11.0. The first-order valence-electron chi connectivity index (χ1n) is 6.54. The van der Waals surface area contributed by atoms with Gasteiger partial charge in [0.2, 0.25) is 0 Å². The Balaban J connectivity index is 1.84. The van der Waals surface area contributed by atoms with Crippen LogP contribution in [0.4, 0.5) is 5.69 Å². The molecule has 1 amide bonds. The summed E-state index contributed by atoms with van der Waals surface area (Å²) in [5.41, 5.74) is 0.884. The van der Waals surface area contributed by atoms with E-state index in [2.05, 4.69) is 5.32 Å². The van der Waals surface area contributed by atoms with Gasteiger partial charge in [-0.15, -0.1) is 0 Å². The van der Waals surface area contributed by atoms with Crippen LogP contribution in [0.3, 0.4) is 0 Å². The van der Waals surface area contributed by atoms with Gasteiger partial charge in [-0.05, 0) is 31.2 Å². The minimum atomic E-state index is -0.613. The lowest BCUT2D eigenvalue weighted by molar-refractivity contribution is -0.122. The number of hydrogen-bond donors (Lipinski definition) is 1. The van der Waals surface area contributed by atoms with Crippen molar-refractivity contribution < 1.29 is 19.1 Å². The number of amides is 1. The summed E-state index contributed by atoms with van der Waals surface area (Å²) in [5.74, 6) is 1.66. The molecule has 2 aliphatic rings. The van der Waals surface area contributed by atoms with E-state index in [9.17, 15) is 9.59 Å². The van der Waals surface area contributed by atoms with Gasteiger partial charge in [-0.1, -0.05) is 6.07 Å². The predicted molar refractivity (Wildman–Crippen MR) is 76.3 cm³/mol. The standard InChI is InChI=1S/C14H15NO4S/c1-8-13(16)15-11-4-2-3-10(12(11)18-8)14(17)19-9-5-6-20-7-9/h2-4,8-9H,5-7H2,1H3,(H,15,16)/t8-,9+/m0/s1. The summed E-state index contributed by atoms with van der Waals surface area (Å²) >= 11 is 1.78. The van der Waals surface area contributed by atoms with Crippen LogP contribution < -0.4 is 10.1 Å². The number of para-hydroxylation sites is 1. The Bertz CT molecular complexity index is 554. The topological polar surface area (TPSA) is 64.6 Å². The van der Waals surface area contributed by atoms with Crippen LogP contribution in [0.25, 0.3) is 0 Å². The average Bonchev–Trinajstić information content (AvgIpc) is 2.92. The van der Waals surface area contributed by atoms with Crippen molar-refractivity contribution in [1.29, 1.82) is 0 Å². The van der Waals surface area contributed by atoms with E-state index >= 15 is 0 Å².